The summed E-state index contributed by atoms with van der Waals surface area (Å²) in [5, 5.41) is 0. The van der Waals surface area contributed by atoms with Crippen molar-refractivity contribution in [1.29, 1.82) is 0 Å². The van der Waals surface area contributed by atoms with Crippen LogP contribution in [0.25, 0.3) is 0 Å². The molecule has 1 aliphatic rings. The molecule has 1 aromatic carbocycles. The first kappa shape index (κ1) is 14.4. The van der Waals surface area contributed by atoms with E-state index < -0.39 is 11.7 Å². The molecular weight excluding hydrogens is 378 g/mol. The molecule has 102 valence electrons. The quantitative estimate of drug-likeness (QED) is 0.296. The van der Waals surface area contributed by atoms with Gasteiger partial charge in [0.25, 0.3) is 0 Å². The Labute approximate surface area is 119 Å². The minimum atomic E-state index is -4.27. The Bertz CT molecular complexity index is 396. The molecule has 1 heterocycles. The molecule has 18 heavy (non-hydrogen) atoms. The van der Waals surface area contributed by atoms with Crippen molar-refractivity contribution >= 4 is 12.0 Å². The molecule has 1 aromatic rings. The number of quaternary nitrogens is 1. The second-order valence-electron chi connectivity index (χ2n) is 3.99. The first-order valence-electron chi connectivity index (χ1n) is 5.59. The summed E-state index contributed by atoms with van der Waals surface area (Å²) in [5.74, 6) is 0. The Morgan fingerprint density at radius 1 is 1.22 bits per heavy atom. The van der Waals surface area contributed by atoms with Crippen LogP contribution in [0.5, 0.6) is 0 Å². The van der Waals surface area contributed by atoms with Crippen molar-refractivity contribution in [3.63, 3.8) is 0 Å². The summed E-state index contributed by atoms with van der Waals surface area (Å²) in [6, 6.07) is 5.36. The predicted molar refractivity (Wildman–Crippen MR) is 59.5 cm³/mol. The van der Waals surface area contributed by atoms with Gasteiger partial charge >= 0.3 is 120 Å². The number of hydrogen-bond donors (Lipinski definition) is 1. The van der Waals surface area contributed by atoms with Crippen molar-refractivity contribution < 1.29 is 40.7 Å². The van der Waals surface area contributed by atoms with Crippen LogP contribution < -0.4 is 25.0 Å². The Kier molecular flexibility index (Phi) is 5.16. The summed E-state index contributed by atoms with van der Waals surface area (Å²) in [7, 11) is 0. The zero-order chi connectivity index (χ0) is 13.0. The molecular formula is C11H14F3INOS+. The van der Waals surface area contributed by atoms with E-state index in [-0.39, 0.29) is 21.9 Å². The average Bonchev–Trinajstić information content (AvgIpc) is 2.81. The van der Waals surface area contributed by atoms with Crippen LogP contribution in [0.3, 0.4) is 0 Å². The minimum absolute atomic E-state index is 0.320. The molecule has 0 saturated carbocycles. The molecule has 0 aliphatic carbocycles. The third-order valence-corrected chi connectivity index (χ3v) is 6.15. The van der Waals surface area contributed by atoms with Gasteiger partial charge in [-0.2, -0.15) is 0 Å². The summed E-state index contributed by atoms with van der Waals surface area (Å²) >= 11 is 0.871. The van der Waals surface area contributed by atoms with Crippen molar-refractivity contribution in [1.82, 2.24) is 0 Å². The monoisotopic (exact) mass is 392 g/mol. The topological polar surface area (TPSA) is 17.2 Å². The predicted octanol–water partition coefficient (Wildman–Crippen LogP) is -1.16. The number of benzene rings is 1. The van der Waals surface area contributed by atoms with Crippen LogP contribution in [0, 0.1) is 0 Å². The van der Waals surface area contributed by atoms with Crippen LogP contribution in [0.4, 0.5) is 13.2 Å². The fourth-order valence-corrected chi connectivity index (χ4v) is 5.27. The molecule has 1 saturated heterocycles. The Balaban J connectivity index is 1.85. The van der Waals surface area contributed by atoms with Gasteiger partial charge in [0.1, 0.15) is 0 Å². The van der Waals surface area contributed by atoms with Gasteiger partial charge in [-0.1, -0.05) is 0 Å². The van der Waals surface area contributed by atoms with E-state index in [4.69, 9.17) is 0 Å². The summed E-state index contributed by atoms with van der Waals surface area (Å²) in [4.78, 5) is 0.572. The first-order chi connectivity index (χ1) is 8.55. The van der Waals surface area contributed by atoms with Gasteiger partial charge in [-0.05, 0) is 0 Å². The summed E-state index contributed by atoms with van der Waals surface area (Å²) in [6.45, 7) is 2.33. The molecule has 0 atom stereocenters. The van der Waals surface area contributed by atoms with Gasteiger partial charge in [-0.3, -0.25) is 0 Å². The van der Waals surface area contributed by atoms with Crippen molar-refractivity contribution in [3.05, 3.63) is 29.8 Å². The average molecular weight is 392 g/mol. The number of hydrogen-bond acceptors (Lipinski definition) is 1. The van der Waals surface area contributed by atoms with Crippen molar-refractivity contribution in [3.8, 4) is 0 Å². The number of halogens is 4. The van der Waals surface area contributed by atoms with Crippen LogP contribution in [-0.4, -0.2) is 15.6 Å². The summed E-state index contributed by atoms with van der Waals surface area (Å²) in [6.07, 6.45) is -1.77. The molecule has 2 rings (SSSR count). The van der Waals surface area contributed by atoms with Gasteiger partial charge in [-0.25, -0.2) is 0 Å². The van der Waals surface area contributed by atoms with Gasteiger partial charge < -0.3 is 0 Å². The number of nitrogens with one attached hydrogen (secondary N) is 1. The Hall–Kier alpha value is 0.01000. The maximum atomic E-state index is 12.5. The SMILES string of the molecule is FC(F)(F)c1cccc(S[OH+][I-][NH+]2CCCC2)c1. The molecule has 1 aliphatic heterocycles. The number of alkyl halides is 3. The van der Waals surface area contributed by atoms with Crippen molar-refractivity contribution in [2.24, 2.45) is 0 Å². The first-order valence-corrected chi connectivity index (χ1v) is 8.41. The maximum absolute atomic E-state index is 12.5. The third kappa shape index (κ3) is 4.29. The van der Waals surface area contributed by atoms with E-state index in [9.17, 15) is 13.2 Å². The second kappa shape index (κ2) is 6.44. The molecule has 0 aromatic heterocycles. The fourth-order valence-electron chi connectivity index (χ4n) is 1.68. The molecule has 7 heteroatoms. The normalized spacial score (nSPS) is 17.5. The standard InChI is InChI=1S/C11H14F3INOS/c12-11(13,14)9-4-3-5-10(8-9)18-17-15-16-6-1-2-7-16/h3-5,8,16-17H,1-2,6-7H2/q+1. The zero-order valence-corrected chi connectivity index (χ0v) is 12.5. The Morgan fingerprint density at radius 3 is 2.61 bits per heavy atom. The van der Waals surface area contributed by atoms with Gasteiger partial charge in [0.05, 0.1) is 0 Å². The molecule has 2 nitrogen and oxygen atoms in total. The Morgan fingerprint density at radius 2 is 1.94 bits per heavy atom. The van der Waals surface area contributed by atoms with E-state index >= 15 is 0 Å². The van der Waals surface area contributed by atoms with Crippen LogP contribution in [0.1, 0.15) is 18.4 Å². The van der Waals surface area contributed by atoms with Gasteiger partial charge in [-0.15, -0.1) is 0 Å². The molecule has 0 amide bonds. The van der Waals surface area contributed by atoms with Crippen molar-refractivity contribution in [2.45, 2.75) is 23.9 Å². The van der Waals surface area contributed by atoms with E-state index in [2.05, 4.69) is 2.51 Å². The van der Waals surface area contributed by atoms with E-state index in [1.165, 1.54) is 47.2 Å². The molecule has 0 spiro atoms. The van der Waals surface area contributed by atoms with Gasteiger partial charge in [0.2, 0.25) is 0 Å². The second-order valence-corrected chi connectivity index (χ2v) is 7.98. The van der Waals surface area contributed by atoms with Crippen LogP contribution in [0.15, 0.2) is 29.2 Å². The van der Waals surface area contributed by atoms with E-state index in [1.807, 2.05) is 0 Å². The number of rotatable bonds is 4. The van der Waals surface area contributed by atoms with Gasteiger partial charge in [0, 0.05) is 0 Å². The van der Waals surface area contributed by atoms with Crippen molar-refractivity contribution in [2.75, 3.05) is 13.1 Å². The van der Waals surface area contributed by atoms with E-state index in [1.54, 1.807) is 6.07 Å². The van der Waals surface area contributed by atoms with E-state index in [0.717, 1.165) is 12.1 Å². The molecule has 0 unspecified atom stereocenters. The molecule has 1 fully saturated rings. The van der Waals surface area contributed by atoms with Crippen LogP contribution >= 0.6 is 12.0 Å². The molecule has 2 N–H and O–H groups in total. The summed E-state index contributed by atoms with van der Waals surface area (Å²) in [5.41, 5.74) is -0.602. The zero-order valence-electron chi connectivity index (χ0n) is 9.51. The third-order valence-electron chi connectivity index (χ3n) is 2.60. The van der Waals surface area contributed by atoms with Crippen LogP contribution in [0.2, 0.25) is 0 Å². The fraction of sp³-hybridized carbons (Fsp3) is 0.455. The van der Waals surface area contributed by atoms with Crippen LogP contribution in [-0.2, 0) is 6.18 Å². The van der Waals surface area contributed by atoms with Gasteiger partial charge in [0.15, 0.2) is 0 Å². The summed E-state index contributed by atoms with van der Waals surface area (Å²) < 4.78 is 43.4. The molecule has 0 bridgehead atoms. The van der Waals surface area contributed by atoms with E-state index in [0.29, 0.717) is 4.90 Å². The molecule has 0 radical (unpaired) electrons.